The van der Waals surface area contributed by atoms with Gasteiger partial charge in [-0.2, -0.15) is 13.2 Å². The predicted octanol–water partition coefficient (Wildman–Crippen LogP) is 4.19. The Balaban J connectivity index is 1.59. The number of ether oxygens (including phenoxy) is 1. The lowest BCUT2D eigenvalue weighted by molar-refractivity contribution is -0.137. The van der Waals surface area contributed by atoms with Gasteiger partial charge in [0.2, 0.25) is 5.91 Å². The summed E-state index contributed by atoms with van der Waals surface area (Å²) in [5.74, 6) is -0.832. The lowest BCUT2D eigenvalue weighted by atomic mass is 10.1. The molecule has 10 heteroatoms. The van der Waals surface area contributed by atoms with Crippen LogP contribution in [0, 0.1) is 0 Å². The normalized spacial score (nSPS) is 13.6. The lowest BCUT2D eigenvalue weighted by Gasteiger charge is -2.29. The Kier molecular flexibility index (Phi) is 5.17. The van der Waals surface area contributed by atoms with Crippen molar-refractivity contribution < 1.29 is 27.5 Å². The number of hydrogen-bond acceptors (Lipinski definition) is 5. The molecular weight excluding hydrogens is 419 g/mol. The van der Waals surface area contributed by atoms with Crippen molar-refractivity contribution in [3.63, 3.8) is 0 Å². The standard InChI is InChI=1S/C20H14F3N3O3S/c21-20(22,23)13-3-1-2-4-14(13)25-18(27)8-26-16-7-12(15-10-30-11-24-15)5-6-17(16)29-9-19(26)28/h1-7,10-11H,8-9H2,(H,25,27). The van der Waals surface area contributed by atoms with Crippen LogP contribution in [0.5, 0.6) is 5.75 Å². The average molecular weight is 433 g/mol. The Morgan fingerprint density at radius 1 is 1.23 bits per heavy atom. The number of alkyl halides is 3. The first kappa shape index (κ1) is 19.9. The number of thiazole rings is 1. The van der Waals surface area contributed by atoms with Crippen LogP contribution in [0.25, 0.3) is 11.3 Å². The summed E-state index contributed by atoms with van der Waals surface area (Å²) < 4.78 is 44.9. The van der Waals surface area contributed by atoms with Crippen LogP contribution < -0.4 is 15.0 Å². The van der Waals surface area contributed by atoms with Crippen molar-refractivity contribution in [2.24, 2.45) is 0 Å². The minimum atomic E-state index is -4.62. The summed E-state index contributed by atoms with van der Waals surface area (Å²) in [7, 11) is 0. The second-order valence-electron chi connectivity index (χ2n) is 6.42. The highest BCUT2D eigenvalue weighted by molar-refractivity contribution is 7.07. The molecule has 0 aliphatic carbocycles. The van der Waals surface area contributed by atoms with Crippen molar-refractivity contribution in [2.75, 3.05) is 23.4 Å². The number of hydrogen-bond donors (Lipinski definition) is 1. The maximum absolute atomic E-state index is 13.2. The number of carbonyl (C=O) groups excluding carboxylic acids is 2. The molecule has 0 bridgehead atoms. The van der Waals surface area contributed by atoms with Gasteiger partial charge >= 0.3 is 6.18 Å². The number of benzene rings is 2. The van der Waals surface area contributed by atoms with E-state index in [-0.39, 0.29) is 12.3 Å². The summed E-state index contributed by atoms with van der Waals surface area (Å²) in [6.07, 6.45) is -4.62. The van der Waals surface area contributed by atoms with E-state index < -0.39 is 30.1 Å². The lowest BCUT2D eigenvalue weighted by Crippen LogP contribution is -2.43. The summed E-state index contributed by atoms with van der Waals surface area (Å²) in [5.41, 5.74) is 2.12. The molecule has 0 radical (unpaired) electrons. The molecule has 6 nitrogen and oxygen atoms in total. The van der Waals surface area contributed by atoms with Gasteiger partial charge in [0.1, 0.15) is 12.3 Å². The first-order valence-electron chi connectivity index (χ1n) is 8.75. The van der Waals surface area contributed by atoms with E-state index in [2.05, 4.69) is 10.3 Å². The summed E-state index contributed by atoms with van der Waals surface area (Å²) in [6, 6.07) is 9.78. The fourth-order valence-corrected chi connectivity index (χ4v) is 3.62. The number of para-hydroxylation sites is 1. The Morgan fingerprint density at radius 3 is 2.77 bits per heavy atom. The average Bonchev–Trinajstić information content (AvgIpc) is 3.24. The fraction of sp³-hybridized carbons (Fsp3) is 0.150. The molecule has 0 saturated carbocycles. The number of nitrogens with zero attached hydrogens (tertiary/aromatic N) is 2. The predicted molar refractivity (Wildman–Crippen MR) is 105 cm³/mol. The van der Waals surface area contributed by atoms with Crippen LogP contribution in [0.1, 0.15) is 5.56 Å². The van der Waals surface area contributed by atoms with Crippen molar-refractivity contribution in [1.29, 1.82) is 0 Å². The zero-order valence-corrected chi connectivity index (χ0v) is 16.1. The van der Waals surface area contributed by atoms with Crippen LogP contribution in [0.3, 0.4) is 0 Å². The van der Waals surface area contributed by atoms with Crippen molar-refractivity contribution in [1.82, 2.24) is 4.98 Å². The van der Waals surface area contributed by atoms with E-state index in [9.17, 15) is 22.8 Å². The largest absolute Gasteiger partial charge is 0.482 e. The zero-order chi connectivity index (χ0) is 21.3. The molecule has 0 saturated heterocycles. The van der Waals surface area contributed by atoms with E-state index >= 15 is 0 Å². The Labute approximate surface area is 172 Å². The highest BCUT2D eigenvalue weighted by atomic mass is 32.1. The molecule has 30 heavy (non-hydrogen) atoms. The highest BCUT2D eigenvalue weighted by Crippen LogP contribution is 2.37. The van der Waals surface area contributed by atoms with Crippen molar-refractivity contribution in [3.05, 3.63) is 58.9 Å². The molecule has 0 unspecified atom stereocenters. The molecular formula is C20H14F3N3O3S. The van der Waals surface area contributed by atoms with Crippen molar-refractivity contribution >= 4 is 34.5 Å². The van der Waals surface area contributed by atoms with Crippen molar-refractivity contribution in [3.8, 4) is 17.0 Å². The van der Waals surface area contributed by atoms with E-state index in [1.807, 2.05) is 5.38 Å². The number of anilines is 2. The molecule has 2 aromatic carbocycles. The molecule has 1 aromatic heterocycles. The van der Waals surface area contributed by atoms with Gasteiger partial charge in [-0.25, -0.2) is 4.98 Å². The number of halogens is 3. The first-order valence-corrected chi connectivity index (χ1v) is 9.69. The Bertz CT molecular complexity index is 1100. The summed E-state index contributed by atoms with van der Waals surface area (Å²) in [6.45, 7) is -0.725. The minimum absolute atomic E-state index is 0.268. The van der Waals surface area contributed by atoms with Crippen LogP contribution >= 0.6 is 11.3 Å². The molecule has 0 fully saturated rings. The fourth-order valence-electron chi connectivity index (χ4n) is 3.06. The van der Waals surface area contributed by atoms with Gasteiger partial charge in [-0.1, -0.05) is 12.1 Å². The number of rotatable bonds is 4. The maximum atomic E-state index is 13.2. The van der Waals surface area contributed by atoms with Gasteiger partial charge in [0, 0.05) is 10.9 Å². The van der Waals surface area contributed by atoms with Crippen LogP contribution in [0.15, 0.2) is 53.4 Å². The van der Waals surface area contributed by atoms with Gasteiger partial charge < -0.3 is 10.1 Å². The van der Waals surface area contributed by atoms with Gasteiger partial charge in [-0.15, -0.1) is 11.3 Å². The first-order chi connectivity index (χ1) is 14.3. The van der Waals surface area contributed by atoms with E-state index in [0.717, 1.165) is 17.7 Å². The van der Waals surface area contributed by atoms with Crippen LogP contribution in [-0.4, -0.2) is 29.9 Å². The van der Waals surface area contributed by atoms with Gasteiger partial charge in [0.05, 0.1) is 28.1 Å². The molecule has 1 aliphatic heterocycles. The SMILES string of the molecule is O=C(CN1C(=O)COc2ccc(-c3cscn3)cc21)Nc1ccccc1C(F)(F)F. The third-order valence-electron chi connectivity index (χ3n) is 4.44. The summed E-state index contributed by atoms with van der Waals surface area (Å²) in [5, 5.41) is 4.09. The molecule has 0 spiro atoms. The van der Waals surface area contributed by atoms with Crippen LogP contribution in [-0.2, 0) is 15.8 Å². The molecule has 0 atom stereocenters. The van der Waals surface area contributed by atoms with Crippen molar-refractivity contribution in [2.45, 2.75) is 6.18 Å². The number of nitrogens with one attached hydrogen (secondary N) is 1. The number of aromatic nitrogens is 1. The van der Waals surface area contributed by atoms with Gasteiger partial charge in [0.25, 0.3) is 5.91 Å². The molecule has 1 N–H and O–H groups in total. The number of amides is 2. The van der Waals surface area contributed by atoms with Crippen LogP contribution in [0.4, 0.5) is 24.5 Å². The summed E-state index contributed by atoms with van der Waals surface area (Å²) >= 11 is 1.41. The molecule has 3 aromatic rings. The Hall–Kier alpha value is -3.40. The second-order valence-corrected chi connectivity index (χ2v) is 7.13. The second kappa shape index (κ2) is 7.79. The zero-order valence-electron chi connectivity index (χ0n) is 15.3. The molecule has 2 heterocycles. The van der Waals surface area contributed by atoms with E-state index in [1.165, 1.54) is 28.4 Å². The number of carbonyl (C=O) groups is 2. The molecule has 2 amide bonds. The summed E-state index contributed by atoms with van der Waals surface area (Å²) in [4.78, 5) is 30.3. The van der Waals surface area contributed by atoms with Gasteiger partial charge in [-0.05, 0) is 30.3 Å². The molecule has 1 aliphatic rings. The maximum Gasteiger partial charge on any atom is 0.418 e. The molecule has 4 rings (SSSR count). The third kappa shape index (κ3) is 3.99. The topological polar surface area (TPSA) is 71.5 Å². The van der Waals surface area contributed by atoms with Gasteiger partial charge in [0.15, 0.2) is 6.61 Å². The monoisotopic (exact) mass is 433 g/mol. The van der Waals surface area contributed by atoms with E-state index in [0.29, 0.717) is 17.1 Å². The quantitative estimate of drug-likeness (QED) is 0.670. The van der Waals surface area contributed by atoms with E-state index in [4.69, 9.17) is 4.74 Å². The van der Waals surface area contributed by atoms with Crippen LogP contribution in [0.2, 0.25) is 0 Å². The minimum Gasteiger partial charge on any atom is -0.482 e. The Morgan fingerprint density at radius 2 is 2.03 bits per heavy atom. The molecule has 154 valence electrons. The third-order valence-corrected chi connectivity index (χ3v) is 5.02. The number of fused-ring (bicyclic) bond motifs is 1. The highest BCUT2D eigenvalue weighted by Gasteiger charge is 2.34. The van der Waals surface area contributed by atoms with E-state index in [1.54, 1.807) is 23.7 Å². The van der Waals surface area contributed by atoms with Gasteiger partial charge in [-0.3, -0.25) is 14.5 Å². The smallest absolute Gasteiger partial charge is 0.418 e.